The Morgan fingerprint density at radius 3 is 2.43 bits per heavy atom. The third kappa shape index (κ3) is 7.73. The second-order valence-electron chi connectivity index (χ2n) is 5.18. The molecule has 0 heterocycles. The molecule has 0 unspecified atom stereocenters. The molecule has 0 fully saturated rings. The number of rotatable bonds is 7. The zero-order valence-corrected chi connectivity index (χ0v) is 13.3. The highest BCUT2D eigenvalue weighted by Crippen LogP contribution is 2.14. The summed E-state index contributed by atoms with van der Waals surface area (Å²) in [5.74, 6) is 0.719. The van der Waals surface area contributed by atoms with Crippen molar-refractivity contribution in [3.05, 3.63) is 29.8 Å². The van der Waals surface area contributed by atoms with Crippen molar-refractivity contribution in [3.63, 3.8) is 0 Å². The highest BCUT2D eigenvalue weighted by molar-refractivity contribution is 5.74. The molecule has 0 aliphatic heterocycles. The lowest BCUT2D eigenvalue weighted by atomic mass is 10.2. The SMILES string of the molecule is COc1ccc(CN(C)C(=O)N[C@@H](C)COCC(F)(F)F)cc1. The van der Waals surface area contributed by atoms with Crippen molar-refractivity contribution in [2.75, 3.05) is 27.4 Å². The third-order valence-electron chi connectivity index (χ3n) is 2.93. The monoisotopic (exact) mass is 334 g/mol. The molecule has 1 rings (SSSR count). The van der Waals surface area contributed by atoms with E-state index in [1.54, 1.807) is 33.2 Å². The molecule has 0 bridgehead atoms. The van der Waals surface area contributed by atoms with E-state index in [9.17, 15) is 18.0 Å². The fourth-order valence-corrected chi connectivity index (χ4v) is 1.79. The van der Waals surface area contributed by atoms with Gasteiger partial charge in [-0.05, 0) is 24.6 Å². The minimum Gasteiger partial charge on any atom is -0.497 e. The average Bonchev–Trinajstić information content (AvgIpc) is 2.46. The van der Waals surface area contributed by atoms with Gasteiger partial charge in [-0.2, -0.15) is 13.2 Å². The largest absolute Gasteiger partial charge is 0.497 e. The molecule has 5 nitrogen and oxygen atoms in total. The number of alkyl halides is 3. The van der Waals surface area contributed by atoms with E-state index < -0.39 is 18.8 Å². The molecule has 1 aromatic rings. The zero-order chi connectivity index (χ0) is 17.5. The van der Waals surface area contributed by atoms with Crippen LogP contribution in [0.5, 0.6) is 5.75 Å². The fourth-order valence-electron chi connectivity index (χ4n) is 1.79. The topological polar surface area (TPSA) is 50.8 Å². The number of urea groups is 1. The number of halogens is 3. The van der Waals surface area contributed by atoms with Gasteiger partial charge in [0.2, 0.25) is 0 Å². The number of amides is 2. The van der Waals surface area contributed by atoms with Gasteiger partial charge >= 0.3 is 12.2 Å². The summed E-state index contributed by atoms with van der Waals surface area (Å²) in [6.07, 6.45) is -4.37. The van der Waals surface area contributed by atoms with Crippen LogP contribution in [0, 0.1) is 0 Å². The van der Waals surface area contributed by atoms with E-state index in [1.165, 1.54) is 4.90 Å². The summed E-state index contributed by atoms with van der Waals surface area (Å²) in [5.41, 5.74) is 0.907. The number of ether oxygens (including phenoxy) is 2. The number of carbonyl (C=O) groups is 1. The molecule has 23 heavy (non-hydrogen) atoms. The summed E-state index contributed by atoms with van der Waals surface area (Å²) in [7, 11) is 3.17. The second kappa shape index (κ2) is 8.61. The Labute approximate surface area is 133 Å². The standard InChI is InChI=1S/C15H21F3N2O3/c1-11(9-23-10-15(16,17)18)19-14(21)20(2)8-12-4-6-13(22-3)7-5-12/h4-7,11H,8-10H2,1-3H3,(H,19,21)/t11-/m0/s1. The van der Waals surface area contributed by atoms with Gasteiger partial charge in [0.25, 0.3) is 0 Å². The summed E-state index contributed by atoms with van der Waals surface area (Å²) >= 11 is 0. The highest BCUT2D eigenvalue weighted by atomic mass is 19.4. The van der Waals surface area contributed by atoms with E-state index >= 15 is 0 Å². The first-order chi connectivity index (χ1) is 10.7. The molecule has 0 aliphatic rings. The van der Waals surface area contributed by atoms with Gasteiger partial charge in [0.15, 0.2) is 0 Å². The summed E-state index contributed by atoms with van der Waals surface area (Å²) in [5, 5.41) is 2.58. The van der Waals surface area contributed by atoms with Crippen molar-refractivity contribution >= 4 is 6.03 Å². The number of carbonyl (C=O) groups excluding carboxylic acids is 1. The van der Waals surface area contributed by atoms with Crippen LogP contribution in [0.2, 0.25) is 0 Å². The minimum atomic E-state index is -4.37. The molecule has 0 saturated carbocycles. The number of nitrogens with one attached hydrogen (secondary N) is 1. The van der Waals surface area contributed by atoms with E-state index in [0.717, 1.165) is 11.3 Å². The van der Waals surface area contributed by atoms with Crippen LogP contribution in [0.15, 0.2) is 24.3 Å². The van der Waals surface area contributed by atoms with Crippen molar-refractivity contribution in [1.29, 1.82) is 0 Å². The van der Waals surface area contributed by atoms with Crippen molar-refractivity contribution in [2.45, 2.75) is 25.7 Å². The number of hydrogen-bond acceptors (Lipinski definition) is 3. The number of hydrogen-bond donors (Lipinski definition) is 1. The molecule has 1 N–H and O–H groups in total. The average molecular weight is 334 g/mol. The van der Waals surface area contributed by atoms with Crippen LogP contribution < -0.4 is 10.1 Å². The molecule has 8 heteroatoms. The van der Waals surface area contributed by atoms with Crippen LogP contribution in [0.4, 0.5) is 18.0 Å². The maximum Gasteiger partial charge on any atom is 0.411 e. The van der Waals surface area contributed by atoms with E-state index in [2.05, 4.69) is 10.1 Å². The Kier molecular flexibility index (Phi) is 7.15. The van der Waals surface area contributed by atoms with Crippen molar-refractivity contribution < 1.29 is 27.4 Å². The molecule has 0 spiro atoms. The molecular weight excluding hydrogens is 313 g/mol. The van der Waals surface area contributed by atoms with Crippen LogP contribution in [0.1, 0.15) is 12.5 Å². The number of methoxy groups -OCH3 is 1. The number of benzene rings is 1. The molecule has 0 saturated heterocycles. The Bertz CT molecular complexity index is 492. The second-order valence-corrected chi connectivity index (χ2v) is 5.18. The summed E-state index contributed by atoms with van der Waals surface area (Å²) in [4.78, 5) is 13.4. The number of nitrogens with zero attached hydrogens (tertiary/aromatic N) is 1. The lowest BCUT2D eigenvalue weighted by molar-refractivity contribution is -0.174. The molecule has 0 aliphatic carbocycles. The van der Waals surface area contributed by atoms with Gasteiger partial charge in [0.05, 0.1) is 19.8 Å². The van der Waals surface area contributed by atoms with E-state index in [4.69, 9.17) is 4.74 Å². The lowest BCUT2D eigenvalue weighted by Gasteiger charge is -2.21. The van der Waals surface area contributed by atoms with Gasteiger partial charge in [-0.1, -0.05) is 12.1 Å². The lowest BCUT2D eigenvalue weighted by Crippen LogP contribution is -2.43. The maximum atomic E-state index is 12.0. The molecule has 1 aromatic carbocycles. The van der Waals surface area contributed by atoms with Crippen molar-refractivity contribution in [1.82, 2.24) is 10.2 Å². The van der Waals surface area contributed by atoms with Crippen molar-refractivity contribution in [3.8, 4) is 5.75 Å². The van der Waals surface area contributed by atoms with E-state index in [-0.39, 0.29) is 12.6 Å². The van der Waals surface area contributed by atoms with Crippen LogP contribution in [-0.4, -0.2) is 50.5 Å². The Balaban J connectivity index is 2.37. The van der Waals surface area contributed by atoms with Gasteiger partial charge in [-0.3, -0.25) is 0 Å². The van der Waals surface area contributed by atoms with Crippen LogP contribution in [0.25, 0.3) is 0 Å². The molecule has 0 aromatic heterocycles. The molecule has 130 valence electrons. The maximum absolute atomic E-state index is 12.0. The first-order valence-corrected chi connectivity index (χ1v) is 7.00. The van der Waals surface area contributed by atoms with Gasteiger partial charge in [0.1, 0.15) is 12.4 Å². The molecular formula is C15H21F3N2O3. The van der Waals surface area contributed by atoms with Crippen LogP contribution in [0.3, 0.4) is 0 Å². The first kappa shape index (κ1) is 19.1. The fraction of sp³-hybridized carbons (Fsp3) is 0.533. The summed E-state index contributed by atoms with van der Waals surface area (Å²) in [6, 6.07) is 6.33. The van der Waals surface area contributed by atoms with Gasteiger partial charge < -0.3 is 19.7 Å². The Morgan fingerprint density at radius 1 is 1.30 bits per heavy atom. The first-order valence-electron chi connectivity index (χ1n) is 7.00. The predicted molar refractivity (Wildman–Crippen MR) is 79.3 cm³/mol. The third-order valence-corrected chi connectivity index (χ3v) is 2.93. The Morgan fingerprint density at radius 2 is 1.91 bits per heavy atom. The van der Waals surface area contributed by atoms with E-state index in [0.29, 0.717) is 6.54 Å². The quantitative estimate of drug-likeness (QED) is 0.834. The summed E-state index contributed by atoms with van der Waals surface area (Å²) < 4.78 is 45.5. The van der Waals surface area contributed by atoms with Gasteiger partial charge in [-0.15, -0.1) is 0 Å². The van der Waals surface area contributed by atoms with Crippen molar-refractivity contribution in [2.24, 2.45) is 0 Å². The Hall–Kier alpha value is -1.96. The highest BCUT2D eigenvalue weighted by Gasteiger charge is 2.27. The van der Waals surface area contributed by atoms with Gasteiger partial charge in [0, 0.05) is 13.6 Å². The summed E-state index contributed by atoms with van der Waals surface area (Å²) in [6.45, 7) is 0.415. The molecule has 2 amide bonds. The molecule has 1 atom stereocenters. The minimum absolute atomic E-state index is 0.207. The normalized spacial score (nSPS) is 12.6. The van der Waals surface area contributed by atoms with E-state index in [1.807, 2.05) is 12.1 Å². The van der Waals surface area contributed by atoms with Crippen LogP contribution in [-0.2, 0) is 11.3 Å². The zero-order valence-electron chi connectivity index (χ0n) is 13.3. The van der Waals surface area contributed by atoms with Gasteiger partial charge in [-0.25, -0.2) is 4.79 Å². The predicted octanol–water partition coefficient (Wildman–Crippen LogP) is 2.80. The van der Waals surface area contributed by atoms with Crippen LogP contribution >= 0.6 is 0 Å². The smallest absolute Gasteiger partial charge is 0.411 e. The molecule has 0 radical (unpaired) electrons.